The lowest BCUT2D eigenvalue weighted by Gasteiger charge is -2.18. The maximum absolute atomic E-state index is 13.7. The first-order chi connectivity index (χ1) is 14.7. The topological polar surface area (TPSA) is 72.2 Å². The van der Waals surface area contributed by atoms with E-state index in [0.29, 0.717) is 12.3 Å². The van der Waals surface area contributed by atoms with Gasteiger partial charge in [-0.05, 0) is 48.9 Å². The molecule has 0 aliphatic carbocycles. The van der Waals surface area contributed by atoms with E-state index in [0.717, 1.165) is 47.5 Å². The number of hydrazine groups is 1. The van der Waals surface area contributed by atoms with E-state index < -0.39 is 0 Å². The van der Waals surface area contributed by atoms with E-state index in [1.54, 1.807) is 24.1 Å². The zero-order chi connectivity index (χ0) is 20.5. The minimum atomic E-state index is -0.289. The van der Waals surface area contributed by atoms with Crippen LogP contribution in [0.15, 0.2) is 54.9 Å². The largest absolute Gasteiger partial charge is 0.496 e. The Morgan fingerprint density at radius 3 is 2.93 bits per heavy atom. The fraction of sp³-hybridized carbons (Fsp3) is 0.238. The first-order valence-electron chi connectivity index (χ1n) is 9.83. The van der Waals surface area contributed by atoms with E-state index in [1.807, 2.05) is 40.4 Å². The van der Waals surface area contributed by atoms with Gasteiger partial charge in [-0.3, -0.25) is 0 Å². The van der Waals surface area contributed by atoms with Gasteiger partial charge in [0.2, 0.25) is 0 Å². The lowest BCUT2D eigenvalue weighted by atomic mass is 10.1. The maximum Gasteiger partial charge on any atom is 0.185 e. The van der Waals surface area contributed by atoms with Gasteiger partial charge in [-0.25, -0.2) is 19.6 Å². The average Bonchev–Trinajstić information content (AvgIpc) is 3.52. The summed E-state index contributed by atoms with van der Waals surface area (Å²) in [5, 5.41) is 15.5. The van der Waals surface area contributed by atoms with E-state index in [-0.39, 0.29) is 5.82 Å². The molecule has 0 amide bonds. The number of methoxy groups -OCH3 is 1. The minimum absolute atomic E-state index is 0.289. The molecule has 0 radical (unpaired) electrons. The lowest BCUT2D eigenvalue weighted by Crippen LogP contribution is -2.41. The molecule has 2 N–H and O–H groups in total. The number of rotatable bonds is 6. The van der Waals surface area contributed by atoms with Crippen LogP contribution in [-0.2, 0) is 6.54 Å². The Kier molecular flexibility index (Phi) is 4.72. The Morgan fingerprint density at radius 1 is 1.23 bits per heavy atom. The molecule has 4 aromatic rings. The lowest BCUT2D eigenvalue weighted by molar-refractivity contribution is 0.409. The molecule has 2 aromatic heterocycles. The van der Waals surface area contributed by atoms with Crippen LogP contribution >= 0.6 is 0 Å². The first-order valence-corrected chi connectivity index (χ1v) is 9.83. The number of ether oxygens (including phenoxy) is 1. The Morgan fingerprint density at radius 2 is 2.17 bits per heavy atom. The number of hydrogen-bond donors (Lipinski definition) is 2. The summed E-state index contributed by atoms with van der Waals surface area (Å²) in [4.78, 5) is 1.89. The van der Waals surface area contributed by atoms with Crippen molar-refractivity contribution in [2.45, 2.75) is 13.0 Å². The van der Waals surface area contributed by atoms with Crippen molar-refractivity contribution in [2.75, 3.05) is 30.6 Å². The summed E-state index contributed by atoms with van der Waals surface area (Å²) in [6.45, 7) is 2.24. The third kappa shape index (κ3) is 3.33. The first kappa shape index (κ1) is 18.4. The molecular weight excluding hydrogens is 385 g/mol. The molecule has 1 fully saturated rings. The number of nitrogens with one attached hydrogen (secondary N) is 2. The minimum Gasteiger partial charge on any atom is -0.496 e. The summed E-state index contributed by atoms with van der Waals surface area (Å²) >= 11 is 0. The number of benzene rings is 2. The van der Waals surface area contributed by atoms with Crippen molar-refractivity contribution < 1.29 is 9.13 Å². The zero-order valence-electron chi connectivity index (χ0n) is 16.5. The molecule has 0 spiro atoms. The number of fused-ring (bicyclic) bond motifs is 1. The van der Waals surface area contributed by atoms with Crippen LogP contribution in [0.1, 0.15) is 12.0 Å². The highest BCUT2D eigenvalue weighted by Crippen LogP contribution is 2.27. The Labute approximate surface area is 172 Å². The van der Waals surface area contributed by atoms with Crippen molar-refractivity contribution in [3.8, 4) is 11.6 Å². The van der Waals surface area contributed by atoms with Crippen LogP contribution in [0.25, 0.3) is 16.7 Å². The van der Waals surface area contributed by atoms with E-state index >= 15 is 0 Å². The quantitative estimate of drug-likeness (QED) is 0.512. The fourth-order valence-corrected chi connectivity index (χ4v) is 3.70. The Bertz CT molecular complexity index is 1170. The molecule has 154 valence electrons. The van der Waals surface area contributed by atoms with Gasteiger partial charge >= 0.3 is 0 Å². The smallest absolute Gasteiger partial charge is 0.185 e. The molecule has 0 bridgehead atoms. The van der Waals surface area contributed by atoms with Gasteiger partial charge in [0.25, 0.3) is 0 Å². The van der Waals surface area contributed by atoms with Crippen molar-refractivity contribution in [1.82, 2.24) is 25.1 Å². The van der Waals surface area contributed by atoms with Gasteiger partial charge in [0.1, 0.15) is 11.6 Å². The fourth-order valence-electron chi connectivity index (χ4n) is 3.70. The van der Waals surface area contributed by atoms with E-state index in [1.165, 1.54) is 12.1 Å². The molecule has 1 aliphatic heterocycles. The SMILES string of the molecule is COc1ccc(F)cc1CNc1ccc2c(c1)c(-n1cccn1)nn2N1CCCN1. The maximum atomic E-state index is 13.7. The third-order valence-corrected chi connectivity index (χ3v) is 5.16. The molecule has 0 saturated carbocycles. The molecule has 30 heavy (non-hydrogen) atoms. The summed E-state index contributed by atoms with van der Waals surface area (Å²) in [6, 6.07) is 12.4. The van der Waals surface area contributed by atoms with E-state index in [9.17, 15) is 4.39 Å². The van der Waals surface area contributed by atoms with Crippen LogP contribution in [-0.4, -0.2) is 39.9 Å². The van der Waals surface area contributed by atoms with E-state index in [4.69, 9.17) is 9.84 Å². The molecule has 5 rings (SSSR count). The molecule has 9 heteroatoms. The van der Waals surface area contributed by atoms with Gasteiger partial charge < -0.3 is 10.1 Å². The number of aromatic nitrogens is 4. The Hall–Kier alpha value is -3.59. The zero-order valence-corrected chi connectivity index (χ0v) is 16.5. The summed E-state index contributed by atoms with van der Waals surface area (Å²) in [6.07, 6.45) is 4.67. The monoisotopic (exact) mass is 407 g/mol. The van der Waals surface area contributed by atoms with Crippen molar-refractivity contribution in [2.24, 2.45) is 0 Å². The molecule has 2 aromatic carbocycles. The van der Waals surface area contributed by atoms with Crippen molar-refractivity contribution >= 4 is 16.6 Å². The highest BCUT2D eigenvalue weighted by atomic mass is 19.1. The molecule has 0 atom stereocenters. The van der Waals surface area contributed by atoms with Gasteiger partial charge in [0.05, 0.1) is 24.6 Å². The second-order valence-corrected chi connectivity index (χ2v) is 7.09. The van der Waals surface area contributed by atoms with Gasteiger partial charge in [-0.1, -0.05) is 0 Å². The summed E-state index contributed by atoms with van der Waals surface area (Å²) in [5.74, 6) is 1.11. The summed E-state index contributed by atoms with van der Waals surface area (Å²) in [7, 11) is 1.58. The molecule has 1 saturated heterocycles. The van der Waals surface area contributed by atoms with Crippen molar-refractivity contribution in [3.05, 3.63) is 66.2 Å². The molecule has 3 heterocycles. The third-order valence-electron chi connectivity index (χ3n) is 5.16. The number of nitrogens with zero attached hydrogens (tertiary/aromatic N) is 5. The second kappa shape index (κ2) is 7.68. The van der Waals surface area contributed by atoms with Crippen LogP contribution in [0, 0.1) is 5.82 Å². The predicted molar refractivity (Wildman–Crippen MR) is 113 cm³/mol. The summed E-state index contributed by atoms with van der Waals surface area (Å²) < 4.78 is 20.8. The van der Waals surface area contributed by atoms with E-state index in [2.05, 4.69) is 15.8 Å². The highest BCUT2D eigenvalue weighted by molar-refractivity contribution is 5.89. The average molecular weight is 407 g/mol. The normalized spacial score (nSPS) is 13.9. The van der Waals surface area contributed by atoms with Crippen LogP contribution in [0.2, 0.25) is 0 Å². The standard InChI is InChI=1S/C21H22FN7O/c1-30-20-7-4-16(22)12-15(20)14-23-17-5-6-19-18(13-17)21(27-10-2-8-24-27)26-29(19)28-11-3-9-25-28/h2,4-8,10,12-13,23,25H,3,9,11,14H2,1H3. The van der Waals surface area contributed by atoms with Crippen molar-refractivity contribution in [1.29, 1.82) is 0 Å². The molecule has 0 unspecified atom stereocenters. The molecule has 1 aliphatic rings. The number of hydrogen-bond acceptors (Lipinski definition) is 6. The Balaban J connectivity index is 1.50. The van der Waals surface area contributed by atoms with Crippen LogP contribution in [0.5, 0.6) is 5.75 Å². The second-order valence-electron chi connectivity index (χ2n) is 7.09. The van der Waals surface area contributed by atoms with Crippen LogP contribution < -0.4 is 20.6 Å². The number of anilines is 1. The predicted octanol–water partition coefficient (Wildman–Crippen LogP) is 2.83. The number of halogens is 1. The molecule has 8 nitrogen and oxygen atoms in total. The van der Waals surface area contributed by atoms with Gasteiger partial charge in [0.15, 0.2) is 5.82 Å². The van der Waals surface area contributed by atoms with Gasteiger partial charge in [0, 0.05) is 36.7 Å². The highest BCUT2D eigenvalue weighted by Gasteiger charge is 2.19. The summed E-state index contributed by atoms with van der Waals surface area (Å²) in [5.41, 5.74) is 5.97. The van der Waals surface area contributed by atoms with Crippen LogP contribution in [0.4, 0.5) is 10.1 Å². The van der Waals surface area contributed by atoms with Crippen molar-refractivity contribution in [3.63, 3.8) is 0 Å². The van der Waals surface area contributed by atoms with Crippen LogP contribution in [0.3, 0.4) is 0 Å². The van der Waals surface area contributed by atoms with Gasteiger partial charge in [-0.2, -0.15) is 9.89 Å². The van der Waals surface area contributed by atoms with Gasteiger partial charge in [-0.15, -0.1) is 5.10 Å². The molecular formula is C21H22FN7O.